The molecule has 162 valence electrons. The Labute approximate surface area is 175 Å². The van der Waals surface area contributed by atoms with E-state index in [1.807, 2.05) is 6.07 Å². The molecule has 0 saturated carbocycles. The molecule has 0 aromatic heterocycles. The first-order valence-corrected chi connectivity index (χ1v) is 10.9. The molecular weight excluding hydrogens is 364 g/mol. The van der Waals surface area contributed by atoms with Crippen LogP contribution in [0.15, 0.2) is 24.3 Å². The number of amides is 2. The molecule has 0 fully saturated rings. The molecule has 2 atom stereocenters. The molecule has 0 saturated heterocycles. The summed E-state index contributed by atoms with van der Waals surface area (Å²) in [4.78, 5) is 25.3. The van der Waals surface area contributed by atoms with Crippen LogP contribution in [0.25, 0.3) is 0 Å². The van der Waals surface area contributed by atoms with Crippen molar-refractivity contribution in [3.8, 4) is 0 Å². The highest BCUT2D eigenvalue weighted by Crippen LogP contribution is 2.11. The molecule has 1 aromatic carbocycles. The van der Waals surface area contributed by atoms with E-state index in [0.29, 0.717) is 38.0 Å². The summed E-state index contributed by atoms with van der Waals surface area (Å²) in [6, 6.07) is 7.89. The summed E-state index contributed by atoms with van der Waals surface area (Å²) < 4.78 is 0. The van der Waals surface area contributed by atoms with Gasteiger partial charge in [-0.1, -0.05) is 52.0 Å². The van der Waals surface area contributed by atoms with E-state index in [0.717, 1.165) is 30.4 Å². The van der Waals surface area contributed by atoms with E-state index < -0.39 is 0 Å². The SMILES string of the molecule is CC(C)CC1NCc2cccc(c2)CN[C@@H](CC(C)C)C(=O)NCCCNC1=O. The number of hydrogen-bond donors (Lipinski definition) is 4. The number of nitrogens with one attached hydrogen (secondary N) is 4. The van der Waals surface area contributed by atoms with Crippen LogP contribution >= 0.6 is 0 Å². The summed E-state index contributed by atoms with van der Waals surface area (Å²) in [7, 11) is 0. The molecule has 2 bridgehead atoms. The summed E-state index contributed by atoms with van der Waals surface area (Å²) in [5.74, 6) is 0.924. The van der Waals surface area contributed by atoms with E-state index in [9.17, 15) is 9.59 Å². The minimum Gasteiger partial charge on any atom is -0.355 e. The van der Waals surface area contributed by atoms with Gasteiger partial charge in [0.05, 0.1) is 12.1 Å². The van der Waals surface area contributed by atoms with Gasteiger partial charge < -0.3 is 21.3 Å². The van der Waals surface area contributed by atoms with Crippen LogP contribution in [0.4, 0.5) is 0 Å². The van der Waals surface area contributed by atoms with Gasteiger partial charge in [-0.25, -0.2) is 0 Å². The van der Waals surface area contributed by atoms with Crippen molar-refractivity contribution >= 4 is 11.8 Å². The number of carbonyl (C=O) groups excluding carboxylic acids is 2. The maximum absolute atomic E-state index is 12.6. The van der Waals surface area contributed by atoms with E-state index in [-0.39, 0.29) is 23.9 Å². The molecule has 1 heterocycles. The number of benzene rings is 1. The zero-order chi connectivity index (χ0) is 21.2. The summed E-state index contributed by atoms with van der Waals surface area (Å²) >= 11 is 0. The third kappa shape index (κ3) is 8.54. The minimum atomic E-state index is -0.213. The van der Waals surface area contributed by atoms with Crippen molar-refractivity contribution in [1.29, 1.82) is 0 Å². The van der Waals surface area contributed by atoms with Crippen molar-refractivity contribution in [2.45, 2.75) is 72.1 Å². The molecule has 1 unspecified atom stereocenters. The topological polar surface area (TPSA) is 82.3 Å². The Morgan fingerprint density at radius 2 is 1.28 bits per heavy atom. The molecule has 6 heteroatoms. The van der Waals surface area contributed by atoms with Crippen molar-refractivity contribution in [3.63, 3.8) is 0 Å². The number of fused-ring (bicyclic) bond motifs is 2. The molecule has 1 aromatic rings. The van der Waals surface area contributed by atoms with Crippen LogP contribution in [0.3, 0.4) is 0 Å². The number of rotatable bonds is 4. The summed E-state index contributed by atoms with van der Waals surface area (Å²) in [5.41, 5.74) is 2.28. The first-order chi connectivity index (χ1) is 13.8. The fourth-order valence-corrected chi connectivity index (χ4v) is 3.60. The van der Waals surface area contributed by atoms with Crippen LogP contribution in [-0.4, -0.2) is 37.0 Å². The van der Waals surface area contributed by atoms with Gasteiger partial charge in [0, 0.05) is 26.2 Å². The van der Waals surface area contributed by atoms with Gasteiger partial charge in [-0.3, -0.25) is 9.59 Å². The monoisotopic (exact) mass is 402 g/mol. The summed E-state index contributed by atoms with van der Waals surface area (Å²) in [5, 5.41) is 12.9. The maximum Gasteiger partial charge on any atom is 0.237 e. The smallest absolute Gasteiger partial charge is 0.237 e. The predicted molar refractivity (Wildman–Crippen MR) is 117 cm³/mol. The van der Waals surface area contributed by atoms with Gasteiger partial charge in [-0.05, 0) is 42.2 Å². The van der Waals surface area contributed by atoms with E-state index in [4.69, 9.17) is 0 Å². The fourth-order valence-electron chi connectivity index (χ4n) is 3.60. The Hall–Kier alpha value is -1.92. The van der Waals surface area contributed by atoms with Gasteiger partial charge in [0.25, 0.3) is 0 Å². The summed E-state index contributed by atoms with van der Waals surface area (Å²) in [6.45, 7) is 10.9. The average Bonchev–Trinajstić information content (AvgIpc) is 2.66. The second-order valence-corrected chi connectivity index (χ2v) is 8.88. The Bertz CT molecular complexity index is 609. The molecule has 1 aliphatic rings. The zero-order valence-electron chi connectivity index (χ0n) is 18.4. The average molecular weight is 403 g/mol. The highest BCUT2D eigenvalue weighted by atomic mass is 16.2. The fraction of sp³-hybridized carbons (Fsp3) is 0.652. The van der Waals surface area contributed by atoms with Crippen LogP contribution in [0.1, 0.15) is 58.1 Å². The first kappa shape index (κ1) is 23.4. The van der Waals surface area contributed by atoms with Gasteiger partial charge in [0.15, 0.2) is 0 Å². The van der Waals surface area contributed by atoms with Crippen LogP contribution in [-0.2, 0) is 22.7 Å². The van der Waals surface area contributed by atoms with Crippen molar-refractivity contribution in [3.05, 3.63) is 35.4 Å². The van der Waals surface area contributed by atoms with Crippen LogP contribution in [0.5, 0.6) is 0 Å². The van der Waals surface area contributed by atoms with Gasteiger partial charge >= 0.3 is 0 Å². The summed E-state index contributed by atoms with van der Waals surface area (Å²) in [6.07, 6.45) is 2.31. The largest absolute Gasteiger partial charge is 0.355 e. The molecule has 1 aliphatic heterocycles. The maximum atomic E-state index is 12.6. The Morgan fingerprint density at radius 3 is 1.69 bits per heavy atom. The molecule has 4 N–H and O–H groups in total. The van der Waals surface area contributed by atoms with Crippen LogP contribution in [0, 0.1) is 11.8 Å². The first-order valence-electron chi connectivity index (χ1n) is 10.9. The highest BCUT2D eigenvalue weighted by Gasteiger charge is 2.21. The Balaban J connectivity index is 2.15. The number of hydrogen-bond acceptors (Lipinski definition) is 4. The second kappa shape index (κ2) is 11.9. The lowest BCUT2D eigenvalue weighted by atomic mass is 10.0. The quantitative estimate of drug-likeness (QED) is 0.623. The standard InChI is InChI=1S/C23H38N4O2/c1-16(2)11-20-22(28)24-9-6-10-25-23(29)21(12-17(3)4)27-15-19-8-5-7-18(13-19)14-26-20/h5,7-8,13,16-17,20-21,26-27H,6,9-12,14-15H2,1-4H3,(H,24,28)(H,25,29)/t20-,21?/m0/s1. The lowest BCUT2D eigenvalue weighted by Gasteiger charge is -2.22. The molecule has 0 aliphatic carbocycles. The zero-order valence-corrected chi connectivity index (χ0v) is 18.4. The molecular formula is C23H38N4O2. The molecule has 2 rings (SSSR count). The van der Waals surface area contributed by atoms with Gasteiger partial charge in [0.2, 0.25) is 11.8 Å². The normalized spacial score (nSPS) is 22.4. The molecule has 0 spiro atoms. The van der Waals surface area contributed by atoms with Crippen molar-refractivity contribution < 1.29 is 9.59 Å². The van der Waals surface area contributed by atoms with E-state index in [2.05, 4.69) is 67.2 Å². The van der Waals surface area contributed by atoms with Gasteiger partial charge in [-0.15, -0.1) is 0 Å². The van der Waals surface area contributed by atoms with E-state index in [1.54, 1.807) is 0 Å². The highest BCUT2D eigenvalue weighted by molar-refractivity contribution is 5.82. The van der Waals surface area contributed by atoms with Crippen molar-refractivity contribution in [2.24, 2.45) is 11.8 Å². The molecule has 29 heavy (non-hydrogen) atoms. The predicted octanol–water partition coefficient (Wildman–Crippen LogP) is 2.33. The van der Waals surface area contributed by atoms with E-state index >= 15 is 0 Å². The number of carbonyl (C=O) groups is 2. The third-order valence-corrected chi connectivity index (χ3v) is 5.10. The van der Waals surface area contributed by atoms with Gasteiger partial charge in [0.1, 0.15) is 0 Å². The Kier molecular flexibility index (Phi) is 9.61. The van der Waals surface area contributed by atoms with Crippen LogP contribution in [0.2, 0.25) is 0 Å². The lowest BCUT2D eigenvalue weighted by molar-refractivity contribution is -0.123. The third-order valence-electron chi connectivity index (χ3n) is 5.10. The van der Waals surface area contributed by atoms with Crippen molar-refractivity contribution in [1.82, 2.24) is 21.3 Å². The molecule has 6 nitrogen and oxygen atoms in total. The second-order valence-electron chi connectivity index (χ2n) is 8.88. The minimum absolute atomic E-state index is 0.0348. The molecule has 0 radical (unpaired) electrons. The van der Waals surface area contributed by atoms with E-state index in [1.165, 1.54) is 0 Å². The van der Waals surface area contributed by atoms with Gasteiger partial charge in [-0.2, -0.15) is 0 Å². The van der Waals surface area contributed by atoms with Crippen LogP contribution < -0.4 is 21.3 Å². The lowest BCUT2D eigenvalue weighted by Crippen LogP contribution is -2.47. The Morgan fingerprint density at radius 1 is 0.828 bits per heavy atom. The van der Waals surface area contributed by atoms with Crippen molar-refractivity contribution in [2.75, 3.05) is 13.1 Å². The molecule has 2 amide bonds.